The van der Waals surface area contributed by atoms with Gasteiger partial charge >= 0.3 is 17.9 Å². The van der Waals surface area contributed by atoms with Crippen molar-refractivity contribution in [3.63, 3.8) is 0 Å². The molecule has 1 unspecified atom stereocenters. The third-order valence-electron chi connectivity index (χ3n) is 15.6. The van der Waals surface area contributed by atoms with Crippen LogP contribution in [0.4, 0.5) is 0 Å². The number of unbranched alkanes of at least 4 members (excludes halogenated alkanes) is 52. The van der Waals surface area contributed by atoms with E-state index >= 15 is 0 Å². The molecule has 6 nitrogen and oxygen atoms in total. The predicted octanol–water partition coefficient (Wildman–Crippen LogP) is 22.7. The molecule has 0 saturated carbocycles. The lowest BCUT2D eigenvalue weighted by atomic mass is 10.0. The van der Waals surface area contributed by atoms with Gasteiger partial charge in [0, 0.05) is 19.3 Å². The van der Waals surface area contributed by atoms with Crippen LogP contribution >= 0.6 is 0 Å². The molecule has 0 N–H and O–H groups in total. The monoisotopic (exact) mass is 1030 g/mol. The largest absolute Gasteiger partial charge is 0.462 e. The van der Waals surface area contributed by atoms with E-state index in [-0.39, 0.29) is 31.1 Å². The summed E-state index contributed by atoms with van der Waals surface area (Å²) in [6.07, 6.45) is 73.4. The predicted molar refractivity (Wildman–Crippen MR) is 317 cm³/mol. The van der Waals surface area contributed by atoms with E-state index in [1.54, 1.807) is 0 Å². The van der Waals surface area contributed by atoms with Gasteiger partial charge in [0.2, 0.25) is 0 Å². The van der Waals surface area contributed by atoms with E-state index in [2.05, 4.69) is 20.8 Å². The van der Waals surface area contributed by atoms with Crippen molar-refractivity contribution in [2.45, 2.75) is 399 Å². The Morgan fingerprint density at radius 2 is 0.370 bits per heavy atom. The maximum absolute atomic E-state index is 12.8. The number of hydrogen-bond donors (Lipinski definition) is 0. The molecule has 0 rings (SSSR count). The average molecular weight is 1030 g/mol. The Kier molecular flexibility index (Phi) is 61.6. The summed E-state index contributed by atoms with van der Waals surface area (Å²) in [7, 11) is 0. The minimum Gasteiger partial charge on any atom is -0.462 e. The van der Waals surface area contributed by atoms with Crippen molar-refractivity contribution in [1.29, 1.82) is 0 Å². The number of ether oxygens (including phenoxy) is 3. The summed E-state index contributed by atoms with van der Waals surface area (Å²) in [6.45, 7) is 6.64. The van der Waals surface area contributed by atoms with Crippen molar-refractivity contribution in [1.82, 2.24) is 0 Å². The van der Waals surface area contributed by atoms with Gasteiger partial charge in [0.25, 0.3) is 0 Å². The van der Waals surface area contributed by atoms with Crippen molar-refractivity contribution in [3.8, 4) is 0 Å². The summed E-state index contributed by atoms with van der Waals surface area (Å²) < 4.78 is 16.8. The fourth-order valence-corrected chi connectivity index (χ4v) is 10.6. The minimum absolute atomic E-state index is 0.0624. The fourth-order valence-electron chi connectivity index (χ4n) is 10.6. The highest BCUT2D eigenvalue weighted by molar-refractivity contribution is 5.71. The van der Waals surface area contributed by atoms with E-state index in [4.69, 9.17) is 14.2 Å². The van der Waals surface area contributed by atoms with Crippen LogP contribution in [0.3, 0.4) is 0 Å². The van der Waals surface area contributed by atoms with Crippen molar-refractivity contribution in [2.24, 2.45) is 0 Å². The molecule has 73 heavy (non-hydrogen) atoms. The van der Waals surface area contributed by atoms with Gasteiger partial charge in [-0.3, -0.25) is 14.4 Å². The van der Waals surface area contributed by atoms with Crippen molar-refractivity contribution < 1.29 is 28.6 Å². The Hall–Kier alpha value is -1.59. The molecule has 0 aliphatic rings. The normalized spacial score (nSPS) is 11.9. The van der Waals surface area contributed by atoms with Crippen molar-refractivity contribution in [3.05, 3.63) is 0 Å². The second kappa shape index (κ2) is 62.9. The van der Waals surface area contributed by atoms with E-state index < -0.39 is 6.10 Å². The minimum atomic E-state index is -0.760. The van der Waals surface area contributed by atoms with Crippen LogP contribution in [0.2, 0.25) is 0 Å². The van der Waals surface area contributed by atoms with Gasteiger partial charge in [0.1, 0.15) is 13.2 Å². The zero-order valence-corrected chi connectivity index (χ0v) is 50.0. The third-order valence-corrected chi connectivity index (χ3v) is 15.6. The molecule has 0 bridgehead atoms. The Labute approximate surface area is 457 Å². The average Bonchev–Trinajstić information content (AvgIpc) is 3.39. The van der Waals surface area contributed by atoms with Crippen LogP contribution in [0, 0.1) is 0 Å². The van der Waals surface area contributed by atoms with Gasteiger partial charge in [-0.2, -0.15) is 0 Å². The second-order valence-corrected chi connectivity index (χ2v) is 23.1. The number of hydrogen-bond acceptors (Lipinski definition) is 6. The van der Waals surface area contributed by atoms with Crippen LogP contribution in [-0.2, 0) is 28.6 Å². The topological polar surface area (TPSA) is 78.9 Å². The molecule has 0 aliphatic carbocycles. The van der Waals surface area contributed by atoms with Gasteiger partial charge in [-0.15, -0.1) is 0 Å². The molecule has 1 atom stereocenters. The summed E-state index contributed by atoms with van der Waals surface area (Å²) in [6, 6.07) is 0. The molecular formula is C67H130O6. The van der Waals surface area contributed by atoms with Crippen molar-refractivity contribution in [2.75, 3.05) is 13.2 Å². The molecule has 0 aromatic rings. The quantitative estimate of drug-likeness (QED) is 0.0343. The second-order valence-electron chi connectivity index (χ2n) is 23.1. The first-order valence-corrected chi connectivity index (χ1v) is 33.5. The number of carbonyl (C=O) groups excluding carboxylic acids is 3. The lowest BCUT2D eigenvalue weighted by Gasteiger charge is -2.18. The number of esters is 3. The lowest BCUT2D eigenvalue weighted by molar-refractivity contribution is -0.167. The number of carbonyl (C=O) groups is 3. The molecule has 0 radical (unpaired) electrons. The van der Waals surface area contributed by atoms with E-state index in [1.165, 1.54) is 289 Å². The first-order chi connectivity index (χ1) is 36.0. The highest BCUT2D eigenvalue weighted by atomic mass is 16.6. The van der Waals surface area contributed by atoms with Crippen LogP contribution in [0.5, 0.6) is 0 Å². The molecule has 434 valence electrons. The molecular weight excluding hydrogens is 901 g/mol. The summed E-state index contributed by atoms with van der Waals surface area (Å²) in [5, 5.41) is 0. The molecule has 0 fully saturated rings. The van der Waals surface area contributed by atoms with Crippen LogP contribution in [0.25, 0.3) is 0 Å². The summed E-state index contributed by atoms with van der Waals surface area (Å²) in [5.41, 5.74) is 0. The molecule has 0 aromatic carbocycles. The van der Waals surface area contributed by atoms with Gasteiger partial charge in [-0.25, -0.2) is 0 Å². The summed E-state index contributed by atoms with van der Waals surface area (Å²) in [4.78, 5) is 37.9. The highest BCUT2D eigenvalue weighted by Gasteiger charge is 2.19. The van der Waals surface area contributed by atoms with E-state index in [0.29, 0.717) is 19.3 Å². The molecule has 6 heteroatoms. The van der Waals surface area contributed by atoms with Crippen LogP contribution in [0.15, 0.2) is 0 Å². The molecule has 0 amide bonds. The zero-order valence-electron chi connectivity index (χ0n) is 50.0. The fraction of sp³-hybridized carbons (Fsp3) is 0.955. The molecule has 0 spiro atoms. The van der Waals surface area contributed by atoms with Gasteiger partial charge in [-0.1, -0.05) is 355 Å². The van der Waals surface area contributed by atoms with E-state index in [9.17, 15) is 14.4 Å². The van der Waals surface area contributed by atoms with Crippen LogP contribution < -0.4 is 0 Å². The first kappa shape index (κ1) is 71.4. The molecule has 0 saturated heterocycles. The standard InChI is InChI=1S/C67H130O6/c1-4-7-10-13-15-17-19-21-23-25-26-27-28-29-30-31-32-33-34-35-36-37-38-39-40-42-43-45-47-49-51-54-57-60-66(69)72-63-64(62-71-65(68)59-56-53-12-9-6-3)73-67(70)61-58-55-52-50-48-46-44-41-24-22-20-18-16-14-11-8-5-2/h64H,4-63H2,1-3H3. The van der Waals surface area contributed by atoms with Gasteiger partial charge in [0.05, 0.1) is 0 Å². The summed E-state index contributed by atoms with van der Waals surface area (Å²) in [5.74, 6) is -0.847. The maximum atomic E-state index is 12.8. The van der Waals surface area contributed by atoms with E-state index in [0.717, 1.165) is 64.2 Å². The van der Waals surface area contributed by atoms with Crippen LogP contribution in [-0.4, -0.2) is 37.2 Å². The SMILES string of the molecule is CCCCCCCCCCCCCCCCCCCCCCCCCCCCCCCCCCCC(=O)OCC(COC(=O)CCCCCCC)OC(=O)CCCCCCCCCCCCCCCCCCC. The molecule has 0 aliphatic heterocycles. The Bertz CT molecular complexity index is 1090. The van der Waals surface area contributed by atoms with Gasteiger partial charge in [0.15, 0.2) is 6.10 Å². The molecule has 0 heterocycles. The third kappa shape index (κ3) is 61.1. The zero-order chi connectivity index (χ0) is 52.9. The van der Waals surface area contributed by atoms with Gasteiger partial charge in [-0.05, 0) is 19.3 Å². The van der Waals surface area contributed by atoms with Crippen molar-refractivity contribution >= 4 is 17.9 Å². The van der Waals surface area contributed by atoms with Crippen LogP contribution in [0.1, 0.15) is 393 Å². The summed E-state index contributed by atoms with van der Waals surface area (Å²) >= 11 is 0. The smallest absolute Gasteiger partial charge is 0.306 e. The lowest BCUT2D eigenvalue weighted by Crippen LogP contribution is -2.30. The Morgan fingerprint density at radius 1 is 0.219 bits per heavy atom. The number of rotatable bonds is 63. The highest BCUT2D eigenvalue weighted by Crippen LogP contribution is 2.19. The first-order valence-electron chi connectivity index (χ1n) is 33.5. The Morgan fingerprint density at radius 3 is 0.548 bits per heavy atom. The Balaban J connectivity index is 3.84. The molecule has 0 aromatic heterocycles. The van der Waals surface area contributed by atoms with E-state index in [1.807, 2.05) is 0 Å². The van der Waals surface area contributed by atoms with Gasteiger partial charge < -0.3 is 14.2 Å². The maximum Gasteiger partial charge on any atom is 0.306 e.